The minimum absolute atomic E-state index is 0.178. The summed E-state index contributed by atoms with van der Waals surface area (Å²) >= 11 is 0. The van der Waals surface area contributed by atoms with Crippen LogP contribution in [0, 0.1) is 31.0 Å². The molecule has 0 fully saturated rings. The lowest BCUT2D eigenvalue weighted by Crippen LogP contribution is -2.30. The number of aromatic amines is 1. The molecule has 1 N–H and O–H groups in total. The average molecular weight is 259 g/mol. The first-order valence-corrected chi connectivity index (χ1v) is 5.47. The van der Waals surface area contributed by atoms with E-state index in [0.717, 1.165) is 10.8 Å². The van der Waals surface area contributed by atoms with E-state index in [1.165, 1.54) is 12.1 Å². The highest BCUT2D eigenvalue weighted by Gasteiger charge is 2.11. The summed E-state index contributed by atoms with van der Waals surface area (Å²) in [6.07, 6.45) is 1.16. The van der Waals surface area contributed by atoms with Gasteiger partial charge in [0.2, 0.25) is 0 Å². The van der Waals surface area contributed by atoms with Gasteiger partial charge in [0.05, 0.1) is 5.69 Å². The maximum Gasteiger partial charge on any atom is 0.333 e. The van der Waals surface area contributed by atoms with Gasteiger partial charge in [-0.05, 0) is 37.1 Å². The number of rotatable bonds is 1. The van der Waals surface area contributed by atoms with E-state index in [-0.39, 0.29) is 5.56 Å². The smallest absolute Gasteiger partial charge is 0.273 e. The van der Waals surface area contributed by atoms with Gasteiger partial charge in [-0.15, -0.1) is 0 Å². The molecule has 2 aromatic rings. The van der Waals surface area contributed by atoms with Crippen molar-refractivity contribution >= 4 is 0 Å². The summed E-state index contributed by atoms with van der Waals surface area (Å²) in [7, 11) is 0. The van der Waals surface area contributed by atoms with E-state index in [1.54, 1.807) is 19.9 Å². The summed E-state index contributed by atoms with van der Waals surface area (Å²) in [6, 6.07) is 4.27. The van der Waals surface area contributed by atoms with Gasteiger partial charge in [0.15, 0.2) is 0 Å². The zero-order valence-corrected chi connectivity index (χ0v) is 10.3. The quantitative estimate of drug-likeness (QED) is 0.834. The van der Waals surface area contributed by atoms with Crippen molar-refractivity contribution < 1.29 is 4.39 Å². The van der Waals surface area contributed by atoms with Crippen LogP contribution in [-0.4, -0.2) is 9.55 Å². The van der Waals surface area contributed by atoms with Crippen LogP contribution in [0.25, 0.3) is 5.69 Å². The number of aryl methyl sites for hydroxylation is 2. The number of nitriles is 1. The van der Waals surface area contributed by atoms with E-state index in [9.17, 15) is 14.0 Å². The summed E-state index contributed by atoms with van der Waals surface area (Å²) in [4.78, 5) is 25.2. The normalized spacial score (nSPS) is 10.2. The van der Waals surface area contributed by atoms with Crippen molar-refractivity contribution in [1.29, 1.82) is 5.26 Å². The Morgan fingerprint density at radius 2 is 1.84 bits per heavy atom. The molecular weight excluding hydrogens is 249 g/mol. The number of H-pyrrole nitrogens is 1. The number of nitrogens with one attached hydrogen (secondary N) is 1. The molecule has 0 radical (unpaired) electrons. The highest BCUT2D eigenvalue weighted by Crippen LogP contribution is 2.18. The van der Waals surface area contributed by atoms with Crippen molar-refractivity contribution in [1.82, 2.24) is 9.55 Å². The zero-order chi connectivity index (χ0) is 14.2. The molecule has 0 saturated heterocycles. The minimum atomic E-state index is -0.735. The Kier molecular flexibility index (Phi) is 3.05. The summed E-state index contributed by atoms with van der Waals surface area (Å²) in [5.41, 5.74) is -0.0454. The molecule has 0 aliphatic carbocycles. The second-order valence-electron chi connectivity index (χ2n) is 4.17. The second-order valence-corrected chi connectivity index (χ2v) is 4.17. The Hall–Kier alpha value is -2.68. The lowest BCUT2D eigenvalue weighted by Gasteiger charge is -2.12. The second kappa shape index (κ2) is 4.53. The fourth-order valence-corrected chi connectivity index (χ4v) is 2.00. The van der Waals surface area contributed by atoms with Crippen molar-refractivity contribution in [3.8, 4) is 11.8 Å². The first-order chi connectivity index (χ1) is 8.93. The van der Waals surface area contributed by atoms with E-state index < -0.39 is 17.1 Å². The molecule has 0 spiro atoms. The van der Waals surface area contributed by atoms with E-state index in [1.807, 2.05) is 0 Å². The van der Waals surface area contributed by atoms with Crippen molar-refractivity contribution in [2.45, 2.75) is 13.8 Å². The number of benzene rings is 1. The third kappa shape index (κ3) is 2.18. The Bertz CT molecular complexity index is 789. The van der Waals surface area contributed by atoms with Gasteiger partial charge in [0.25, 0.3) is 5.56 Å². The summed E-state index contributed by atoms with van der Waals surface area (Å²) in [5.74, 6) is -0.406. The SMILES string of the molecule is Cc1cc(F)cc(C)c1-n1cc(C#N)c(=O)[nH]c1=O. The van der Waals surface area contributed by atoms with E-state index in [0.29, 0.717) is 16.8 Å². The highest BCUT2D eigenvalue weighted by atomic mass is 19.1. The molecule has 1 heterocycles. The molecule has 0 amide bonds. The highest BCUT2D eigenvalue weighted by molar-refractivity contribution is 5.47. The first-order valence-electron chi connectivity index (χ1n) is 5.47. The Morgan fingerprint density at radius 3 is 2.37 bits per heavy atom. The molecule has 19 heavy (non-hydrogen) atoms. The molecule has 0 atom stereocenters. The van der Waals surface area contributed by atoms with Crippen molar-refractivity contribution in [3.63, 3.8) is 0 Å². The van der Waals surface area contributed by atoms with Crippen LogP contribution >= 0.6 is 0 Å². The average Bonchev–Trinajstić information content (AvgIpc) is 2.30. The third-order valence-corrected chi connectivity index (χ3v) is 2.76. The molecule has 0 aliphatic rings. The number of hydrogen-bond acceptors (Lipinski definition) is 3. The van der Waals surface area contributed by atoms with Gasteiger partial charge in [0, 0.05) is 6.20 Å². The van der Waals surface area contributed by atoms with Gasteiger partial charge >= 0.3 is 5.69 Å². The molecule has 96 valence electrons. The van der Waals surface area contributed by atoms with Crippen LogP contribution in [0.2, 0.25) is 0 Å². The molecule has 5 nitrogen and oxygen atoms in total. The maximum absolute atomic E-state index is 13.2. The van der Waals surface area contributed by atoms with E-state index in [4.69, 9.17) is 5.26 Å². The largest absolute Gasteiger partial charge is 0.333 e. The topological polar surface area (TPSA) is 78.7 Å². The lowest BCUT2D eigenvalue weighted by atomic mass is 10.1. The van der Waals surface area contributed by atoms with Gasteiger partial charge in [0.1, 0.15) is 17.4 Å². The van der Waals surface area contributed by atoms with Crippen LogP contribution in [0.4, 0.5) is 4.39 Å². The van der Waals surface area contributed by atoms with Crippen LogP contribution in [0.5, 0.6) is 0 Å². The van der Waals surface area contributed by atoms with Crippen molar-refractivity contribution in [3.05, 3.63) is 61.7 Å². The van der Waals surface area contributed by atoms with Gasteiger partial charge in [-0.25, -0.2) is 9.18 Å². The van der Waals surface area contributed by atoms with E-state index in [2.05, 4.69) is 4.98 Å². The Labute approximate surface area is 107 Å². The summed E-state index contributed by atoms with van der Waals surface area (Å²) in [6.45, 7) is 3.30. The number of nitrogens with zero attached hydrogens (tertiary/aromatic N) is 2. The predicted octanol–water partition coefficient (Wildman–Crippen LogP) is 1.15. The lowest BCUT2D eigenvalue weighted by molar-refractivity contribution is 0.624. The standard InChI is InChI=1S/C13H10FN3O2/c1-7-3-10(14)4-8(2)11(7)17-6-9(5-15)12(18)16-13(17)19/h3-4,6H,1-2H3,(H,16,18,19). The molecule has 0 bridgehead atoms. The fourth-order valence-electron chi connectivity index (χ4n) is 2.00. The molecule has 0 aliphatic heterocycles. The third-order valence-electron chi connectivity index (χ3n) is 2.76. The van der Waals surface area contributed by atoms with Gasteiger partial charge in [-0.3, -0.25) is 14.3 Å². The Morgan fingerprint density at radius 1 is 1.26 bits per heavy atom. The molecule has 0 saturated carbocycles. The fraction of sp³-hybridized carbons (Fsp3) is 0.154. The predicted molar refractivity (Wildman–Crippen MR) is 66.8 cm³/mol. The van der Waals surface area contributed by atoms with Crippen LogP contribution in [-0.2, 0) is 0 Å². The van der Waals surface area contributed by atoms with Crippen LogP contribution < -0.4 is 11.2 Å². The molecular formula is C13H10FN3O2. The van der Waals surface area contributed by atoms with Crippen LogP contribution in [0.3, 0.4) is 0 Å². The summed E-state index contributed by atoms with van der Waals surface area (Å²) < 4.78 is 14.4. The molecule has 2 rings (SSSR count). The van der Waals surface area contributed by atoms with Crippen LogP contribution in [0.15, 0.2) is 27.9 Å². The van der Waals surface area contributed by atoms with E-state index >= 15 is 0 Å². The van der Waals surface area contributed by atoms with Gasteiger partial charge in [-0.1, -0.05) is 0 Å². The zero-order valence-electron chi connectivity index (χ0n) is 10.3. The van der Waals surface area contributed by atoms with Gasteiger partial charge < -0.3 is 0 Å². The van der Waals surface area contributed by atoms with Gasteiger partial charge in [-0.2, -0.15) is 5.26 Å². The van der Waals surface area contributed by atoms with Crippen molar-refractivity contribution in [2.75, 3.05) is 0 Å². The number of aromatic nitrogens is 2. The molecule has 0 unspecified atom stereocenters. The minimum Gasteiger partial charge on any atom is -0.273 e. The number of hydrogen-bond donors (Lipinski definition) is 1. The first kappa shape index (κ1) is 12.8. The molecule has 1 aromatic carbocycles. The Balaban J connectivity index is 2.84. The molecule has 6 heteroatoms. The maximum atomic E-state index is 13.2. The monoisotopic (exact) mass is 259 g/mol. The van der Waals surface area contributed by atoms with Crippen molar-refractivity contribution in [2.24, 2.45) is 0 Å². The molecule has 1 aromatic heterocycles. The number of halogens is 1. The van der Waals surface area contributed by atoms with Crippen LogP contribution in [0.1, 0.15) is 16.7 Å². The summed E-state index contributed by atoms with van der Waals surface area (Å²) in [5, 5.41) is 8.82.